The molecule has 10 nitrogen and oxygen atoms in total. The highest BCUT2D eigenvalue weighted by molar-refractivity contribution is 5.95. The normalized spacial score (nSPS) is 22.6. The molecule has 5 rings (SSSR count). The number of anilines is 1. The molecule has 2 heterocycles. The first-order valence-electron chi connectivity index (χ1n) is 15.7. The second-order valence-corrected chi connectivity index (χ2v) is 13.1. The predicted octanol–water partition coefficient (Wildman–Crippen LogP) is 5.34. The highest BCUT2D eigenvalue weighted by atomic mass is 16.6. The minimum absolute atomic E-state index is 0.0345. The molecule has 0 radical (unpaired) electrons. The Bertz CT molecular complexity index is 1310. The van der Waals surface area contributed by atoms with Gasteiger partial charge >= 0.3 is 12.2 Å². The number of hydrogen-bond acceptors (Lipinski definition) is 6. The number of rotatable bonds is 7. The first-order chi connectivity index (χ1) is 21.1. The SMILES string of the molecule is CC(C)(C)OC(=O)N[C@H](C(=O)N1CC[C@@H]2C1[C@@H](C(=O)Nc1ccccc1)CN2C(=O)OCc1ccccc1)C1CCCCC1. The number of hydrogen-bond donors (Lipinski definition) is 2. The van der Waals surface area contributed by atoms with Crippen molar-refractivity contribution in [2.45, 2.75) is 89.6 Å². The Labute approximate surface area is 259 Å². The van der Waals surface area contributed by atoms with Gasteiger partial charge in [-0.1, -0.05) is 67.8 Å². The molecular weight excluding hydrogens is 560 g/mol. The van der Waals surface area contributed by atoms with Crippen molar-refractivity contribution in [3.8, 4) is 0 Å². The number of nitrogens with zero attached hydrogens (tertiary/aromatic N) is 2. The van der Waals surface area contributed by atoms with E-state index in [9.17, 15) is 19.2 Å². The molecule has 10 heteroatoms. The number of alkyl carbamates (subject to hydrolysis) is 1. The minimum atomic E-state index is -0.777. The molecule has 4 amide bonds. The lowest BCUT2D eigenvalue weighted by atomic mass is 9.83. The maximum absolute atomic E-state index is 14.4. The molecule has 4 atom stereocenters. The first kappa shape index (κ1) is 31.3. The zero-order valence-electron chi connectivity index (χ0n) is 25.9. The van der Waals surface area contributed by atoms with Crippen LogP contribution in [0.5, 0.6) is 0 Å². The summed E-state index contributed by atoms with van der Waals surface area (Å²) in [7, 11) is 0. The molecule has 2 aromatic carbocycles. The highest BCUT2D eigenvalue weighted by Gasteiger charge is 2.55. The van der Waals surface area contributed by atoms with Crippen LogP contribution in [0.25, 0.3) is 0 Å². The van der Waals surface area contributed by atoms with Gasteiger partial charge in [0.25, 0.3) is 0 Å². The van der Waals surface area contributed by atoms with E-state index in [1.54, 1.807) is 42.7 Å². The fourth-order valence-corrected chi connectivity index (χ4v) is 6.81. The molecule has 0 aromatic heterocycles. The molecule has 1 unspecified atom stereocenters. The molecule has 0 spiro atoms. The van der Waals surface area contributed by atoms with Gasteiger partial charge in [0.05, 0.1) is 18.0 Å². The molecule has 236 valence electrons. The third-order valence-corrected chi connectivity index (χ3v) is 8.79. The molecule has 2 aliphatic heterocycles. The van der Waals surface area contributed by atoms with Gasteiger partial charge < -0.3 is 29.9 Å². The van der Waals surface area contributed by atoms with Crippen LogP contribution < -0.4 is 10.6 Å². The van der Waals surface area contributed by atoms with Gasteiger partial charge in [0, 0.05) is 18.8 Å². The smallest absolute Gasteiger partial charge is 0.410 e. The number of carbonyl (C=O) groups excluding carboxylic acids is 4. The summed E-state index contributed by atoms with van der Waals surface area (Å²) in [5, 5.41) is 5.88. The number of nitrogens with one attached hydrogen (secondary N) is 2. The van der Waals surface area contributed by atoms with Gasteiger partial charge in [-0.2, -0.15) is 0 Å². The number of carbonyl (C=O) groups is 4. The summed E-state index contributed by atoms with van der Waals surface area (Å²) in [6.07, 6.45) is 4.08. The Balaban J connectivity index is 1.38. The summed E-state index contributed by atoms with van der Waals surface area (Å²) >= 11 is 0. The maximum atomic E-state index is 14.4. The lowest BCUT2D eigenvalue weighted by Gasteiger charge is -2.36. The molecule has 2 saturated heterocycles. The van der Waals surface area contributed by atoms with Crippen LogP contribution in [0.4, 0.5) is 15.3 Å². The van der Waals surface area contributed by atoms with Gasteiger partial charge in [-0.25, -0.2) is 9.59 Å². The lowest BCUT2D eigenvalue weighted by molar-refractivity contribution is -0.137. The van der Waals surface area contributed by atoms with Crippen LogP contribution in [0.3, 0.4) is 0 Å². The Morgan fingerprint density at radius 2 is 1.55 bits per heavy atom. The number of fused-ring (bicyclic) bond motifs is 1. The summed E-state index contributed by atoms with van der Waals surface area (Å²) in [6, 6.07) is 16.9. The Morgan fingerprint density at radius 1 is 0.886 bits per heavy atom. The second kappa shape index (κ2) is 13.7. The average Bonchev–Trinajstić information content (AvgIpc) is 3.60. The minimum Gasteiger partial charge on any atom is -0.445 e. The number of benzene rings is 2. The van der Waals surface area contributed by atoms with Gasteiger partial charge in [-0.3, -0.25) is 9.59 Å². The highest BCUT2D eigenvalue weighted by Crippen LogP contribution is 2.38. The zero-order chi connectivity index (χ0) is 31.3. The fraction of sp³-hybridized carbons (Fsp3) is 0.529. The maximum Gasteiger partial charge on any atom is 0.410 e. The Kier molecular flexibility index (Phi) is 9.76. The standard InChI is InChI=1S/C34H44N4O6/c1-34(2,3)44-32(41)36-28(24-15-9-5-10-16-24)31(40)37-20-19-27-29(37)26(30(39)35-25-17-11-6-12-18-25)21-38(27)33(42)43-22-23-13-7-4-8-14-23/h4,6-8,11-14,17-18,24,26-29H,5,9-10,15-16,19-22H2,1-3H3,(H,35,39)(H,36,41)/t26-,27+,28-,29?/m0/s1. The van der Waals surface area contributed by atoms with Gasteiger partial charge in [-0.05, 0) is 63.6 Å². The quantitative estimate of drug-likeness (QED) is 0.441. The van der Waals surface area contributed by atoms with Crippen molar-refractivity contribution < 1.29 is 28.7 Å². The van der Waals surface area contributed by atoms with Crippen molar-refractivity contribution in [1.82, 2.24) is 15.1 Å². The largest absolute Gasteiger partial charge is 0.445 e. The zero-order valence-corrected chi connectivity index (χ0v) is 25.9. The van der Waals surface area contributed by atoms with Crippen LogP contribution in [0.2, 0.25) is 0 Å². The van der Waals surface area contributed by atoms with Crippen molar-refractivity contribution in [2.75, 3.05) is 18.4 Å². The van der Waals surface area contributed by atoms with E-state index in [0.29, 0.717) is 18.7 Å². The molecule has 1 aliphatic carbocycles. The number of ether oxygens (including phenoxy) is 2. The molecule has 1 saturated carbocycles. The van der Waals surface area contributed by atoms with E-state index < -0.39 is 35.8 Å². The van der Waals surface area contributed by atoms with Gasteiger partial charge in [0.1, 0.15) is 18.2 Å². The predicted molar refractivity (Wildman–Crippen MR) is 166 cm³/mol. The average molecular weight is 605 g/mol. The van der Waals surface area contributed by atoms with Crippen LogP contribution in [0, 0.1) is 11.8 Å². The Hall–Kier alpha value is -4.08. The number of likely N-dealkylation sites (tertiary alicyclic amines) is 2. The Morgan fingerprint density at radius 3 is 2.20 bits per heavy atom. The van der Waals surface area contributed by atoms with E-state index in [1.165, 1.54) is 0 Å². The third-order valence-electron chi connectivity index (χ3n) is 8.79. The number of para-hydroxylation sites is 1. The molecule has 2 N–H and O–H groups in total. The molecule has 2 aromatic rings. The van der Waals surface area contributed by atoms with Gasteiger partial charge in [-0.15, -0.1) is 0 Å². The van der Waals surface area contributed by atoms with E-state index in [4.69, 9.17) is 9.47 Å². The van der Waals surface area contributed by atoms with E-state index in [-0.39, 0.29) is 36.9 Å². The molecule has 44 heavy (non-hydrogen) atoms. The second-order valence-electron chi connectivity index (χ2n) is 13.1. The van der Waals surface area contributed by atoms with Crippen LogP contribution in [-0.2, 0) is 25.7 Å². The van der Waals surface area contributed by atoms with Crippen LogP contribution in [-0.4, -0.2) is 70.6 Å². The van der Waals surface area contributed by atoms with Crippen molar-refractivity contribution in [3.05, 3.63) is 66.2 Å². The fourth-order valence-electron chi connectivity index (χ4n) is 6.81. The summed E-state index contributed by atoms with van der Waals surface area (Å²) in [4.78, 5) is 57.8. The van der Waals surface area contributed by atoms with E-state index in [2.05, 4.69) is 10.6 Å². The van der Waals surface area contributed by atoms with Crippen LogP contribution in [0.15, 0.2) is 60.7 Å². The van der Waals surface area contributed by atoms with Crippen LogP contribution in [0.1, 0.15) is 64.9 Å². The molecule has 3 aliphatic rings. The third kappa shape index (κ3) is 7.52. The summed E-state index contributed by atoms with van der Waals surface area (Å²) < 4.78 is 11.2. The monoisotopic (exact) mass is 604 g/mol. The van der Waals surface area contributed by atoms with E-state index >= 15 is 0 Å². The lowest BCUT2D eigenvalue weighted by Crippen LogP contribution is -2.56. The van der Waals surface area contributed by atoms with E-state index in [1.807, 2.05) is 48.5 Å². The van der Waals surface area contributed by atoms with Crippen molar-refractivity contribution >= 4 is 29.7 Å². The first-order valence-corrected chi connectivity index (χ1v) is 15.7. The van der Waals surface area contributed by atoms with Crippen molar-refractivity contribution in [3.63, 3.8) is 0 Å². The summed E-state index contributed by atoms with van der Waals surface area (Å²) in [5.74, 6) is -1.21. The number of amides is 4. The summed E-state index contributed by atoms with van der Waals surface area (Å²) in [6.45, 7) is 5.96. The van der Waals surface area contributed by atoms with E-state index in [0.717, 1.165) is 37.7 Å². The topological polar surface area (TPSA) is 117 Å². The van der Waals surface area contributed by atoms with Gasteiger partial charge in [0.15, 0.2) is 0 Å². The van der Waals surface area contributed by atoms with Crippen LogP contribution >= 0.6 is 0 Å². The molecule has 0 bridgehead atoms. The van der Waals surface area contributed by atoms with Crippen molar-refractivity contribution in [1.29, 1.82) is 0 Å². The molecule has 3 fully saturated rings. The summed E-state index contributed by atoms with van der Waals surface area (Å²) in [5.41, 5.74) is 0.791. The molecular formula is C34H44N4O6. The van der Waals surface area contributed by atoms with Gasteiger partial charge in [0.2, 0.25) is 11.8 Å². The van der Waals surface area contributed by atoms with Crippen molar-refractivity contribution in [2.24, 2.45) is 11.8 Å².